The van der Waals surface area contributed by atoms with Crippen LogP contribution in [0.3, 0.4) is 0 Å². The van der Waals surface area contributed by atoms with Crippen molar-refractivity contribution < 1.29 is 4.79 Å². The first-order valence-corrected chi connectivity index (χ1v) is 9.64. The van der Waals surface area contributed by atoms with Crippen LogP contribution in [0.1, 0.15) is 34.3 Å². The van der Waals surface area contributed by atoms with Crippen LogP contribution in [0, 0.1) is 11.8 Å². The molecule has 1 fully saturated rings. The number of nitrogens with one attached hydrogen (secondary N) is 1. The number of nitrogen functional groups attached to an aromatic ring is 1. The lowest BCUT2D eigenvalue weighted by Gasteiger charge is -2.03. The highest BCUT2D eigenvalue weighted by Gasteiger charge is 2.23. The lowest BCUT2D eigenvalue weighted by atomic mass is 10.1. The minimum absolute atomic E-state index is 0.0620. The molecule has 3 N–H and O–H groups in total. The van der Waals surface area contributed by atoms with Crippen molar-refractivity contribution in [3.05, 3.63) is 78.0 Å². The van der Waals surface area contributed by atoms with E-state index in [1.807, 2.05) is 35.0 Å². The van der Waals surface area contributed by atoms with Crippen LogP contribution in [0.15, 0.2) is 61.3 Å². The molecule has 3 heterocycles. The third kappa shape index (κ3) is 3.47. The standard InChI is InChI=1S/C23H18N6O/c24-21-20-17(13-29(22(20)27-14-26-21)19-8-10-25-11-9-19)5-4-15-2-1-3-16(12-15)23(30)28-18-6-7-18/h1-3,8-14,18H,6-7H2,(H,28,30)(H2,24,26,27). The molecule has 0 saturated heterocycles. The van der Waals surface area contributed by atoms with Crippen LogP contribution in [0.5, 0.6) is 0 Å². The van der Waals surface area contributed by atoms with Gasteiger partial charge < -0.3 is 11.1 Å². The number of rotatable bonds is 3. The molecule has 0 atom stereocenters. The van der Waals surface area contributed by atoms with Gasteiger partial charge in [-0.1, -0.05) is 17.9 Å². The van der Waals surface area contributed by atoms with E-state index in [9.17, 15) is 4.79 Å². The monoisotopic (exact) mass is 394 g/mol. The molecule has 146 valence electrons. The molecule has 0 bridgehead atoms. The maximum atomic E-state index is 12.3. The second kappa shape index (κ2) is 7.33. The quantitative estimate of drug-likeness (QED) is 0.521. The van der Waals surface area contributed by atoms with Crippen LogP contribution < -0.4 is 11.1 Å². The number of carbonyl (C=O) groups is 1. The fraction of sp³-hybridized carbons (Fsp3) is 0.130. The van der Waals surface area contributed by atoms with Gasteiger partial charge in [-0.2, -0.15) is 0 Å². The summed E-state index contributed by atoms with van der Waals surface area (Å²) in [6.45, 7) is 0. The zero-order chi connectivity index (χ0) is 20.5. The maximum absolute atomic E-state index is 12.3. The molecule has 3 aromatic heterocycles. The summed E-state index contributed by atoms with van der Waals surface area (Å²) in [6.07, 6.45) is 8.87. The number of nitrogens with zero attached hydrogens (tertiary/aromatic N) is 4. The molecule has 4 aromatic rings. The number of aromatic nitrogens is 4. The maximum Gasteiger partial charge on any atom is 0.251 e. The molecule has 5 rings (SSSR count). The average molecular weight is 394 g/mol. The molecule has 1 amide bonds. The number of benzene rings is 1. The SMILES string of the molecule is Nc1ncnc2c1c(C#Cc1cccc(C(=O)NC3CC3)c1)cn2-c1ccncc1. The lowest BCUT2D eigenvalue weighted by Crippen LogP contribution is -2.25. The van der Waals surface area contributed by atoms with Gasteiger partial charge in [0.25, 0.3) is 5.91 Å². The first-order chi connectivity index (χ1) is 14.7. The molecular weight excluding hydrogens is 376 g/mol. The highest BCUT2D eigenvalue weighted by atomic mass is 16.1. The number of amides is 1. The molecule has 1 aliphatic rings. The summed E-state index contributed by atoms with van der Waals surface area (Å²) < 4.78 is 1.92. The summed E-state index contributed by atoms with van der Waals surface area (Å²) in [6, 6.07) is 11.4. The minimum Gasteiger partial charge on any atom is -0.383 e. The molecular formula is C23H18N6O. The van der Waals surface area contributed by atoms with Crippen molar-refractivity contribution in [3.63, 3.8) is 0 Å². The summed E-state index contributed by atoms with van der Waals surface area (Å²) in [7, 11) is 0. The van der Waals surface area contributed by atoms with Crippen molar-refractivity contribution in [2.45, 2.75) is 18.9 Å². The molecule has 30 heavy (non-hydrogen) atoms. The minimum atomic E-state index is -0.0620. The second-order valence-corrected chi connectivity index (χ2v) is 7.15. The first kappa shape index (κ1) is 17.9. The summed E-state index contributed by atoms with van der Waals surface area (Å²) >= 11 is 0. The summed E-state index contributed by atoms with van der Waals surface area (Å²) in [4.78, 5) is 24.9. The molecule has 0 aliphatic heterocycles. The summed E-state index contributed by atoms with van der Waals surface area (Å²) in [5.41, 5.74) is 9.79. The third-order valence-electron chi connectivity index (χ3n) is 4.93. The second-order valence-electron chi connectivity index (χ2n) is 7.15. The number of pyridine rings is 1. The van der Waals surface area contributed by atoms with E-state index in [0.29, 0.717) is 34.0 Å². The van der Waals surface area contributed by atoms with E-state index in [1.54, 1.807) is 24.5 Å². The highest BCUT2D eigenvalue weighted by molar-refractivity contribution is 5.95. The topological polar surface area (TPSA) is 98.7 Å². The Morgan fingerprint density at radius 2 is 1.97 bits per heavy atom. The Bertz CT molecular complexity index is 1310. The number of nitrogens with two attached hydrogens (primary N) is 1. The Kier molecular flexibility index (Phi) is 4.37. The zero-order valence-electron chi connectivity index (χ0n) is 16.0. The number of hydrogen-bond acceptors (Lipinski definition) is 5. The van der Waals surface area contributed by atoms with Crippen molar-refractivity contribution in [3.8, 4) is 17.5 Å². The Morgan fingerprint density at radius 3 is 2.77 bits per heavy atom. The molecule has 0 spiro atoms. The van der Waals surface area contributed by atoms with Crippen LogP contribution in [0.25, 0.3) is 16.7 Å². The van der Waals surface area contributed by atoms with E-state index in [0.717, 1.165) is 24.1 Å². The number of fused-ring (bicyclic) bond motifs is 1. The van der Waals surface area contributed by atoms with Crippen LogP contribution in [0.2, 0.25) is 0 Å². The molecule has 7 nitrogen and oxygen atoms in total. The Labute approximate surface area is 173 Å². The average Bonchev–Trinajstić information content (AvgIpc) is 3.51. The Morgan fingerprint density at radius 1 is 1.13 bits per heavy atom. The van der Waals surface area contributed by atoms with Gasteiger partial charge in [0.15, 0.2) is 5.65 Å². The normalized spacial score (nSPS) is 12.9. The number of carbonyl (C=O) groups excluding carboxylic acids is 1. The van der Waals surface area contributed by atoms with Gasteiger partial charge in [0, 0.05) is 35.8 Å². The van der Waals surface area contributed by atoms with E-state index in [2.05, 4.69) is 32.1 Å². The molecule has 7 heteroatoms. The summed E-state index contributed by atoms with van der Waals surface area (Å²) in [5, 5.41) is 3.69. The predicted molar refractivity (Wildman–Crippen MR) is 114 cm³/mol. The Hall–Kier alpha value is -4.18. The van der Waals surface area contributed by atoms with Crippen molar-refractivity contribution in [1.29, 1.82) is 0 Å². The van der Waals surface area contributed by atoms with Gasteiger partial charge in [-0.25, -0.2) is 9.97 Å². The van der Waals surface area contributed by atoms with Crippen molar-refractivity contribution in [1.82, 2.24) is 24.8 Å². The van der Waals surface area contributed by atoms with Gasteiger partial charge in [0.2, 0.25) is 0 Å². The van der Waals surface area contributed by atoms with E-state index in [-0.39, 0.29) is 5.91 Å². The molecule has 0 unspecified atom stereocenters. The van der Waals surface area contributed by atoms with Gasteiger partial charge in [-0.15, -0.1) is 0 Å². The molecule has 0 radical (unpaired) electrons. The largest absolute Gasteiger partial charge is 0.383 e. The van der Waals surface area contributed by atoms with Gasteiger partial charge in [-0.05, 0) is 43.2 Å². The number of anilines is 1. The smallest absolute Gasteiger partial charge is 0.251 e. The molecule has 1 aliphatic carbocycles. The first-order valence-electron chi connectivity index (χ1n) is 9.64. The fourth-order valence-electron chi connectivity index (χ4n) is 3.26. The fourth-order valence-corrected chi connectivity index (χ4v) is 3.26. The molecule has 1 aromatic carbocycles. The van der Waals surface area contributed by atoms with Crippen molar-refractivity contribution in [2.24, 2.45) is 0 Å². The van der Waals surface area contributed by atoms with Crippen LogP contribution in [0.4, 0.5) is 5.82 Å². The predicted octanol–water partition coefficient (Wildman–Crippen LogP) is 2.69. The number of hydrogen-bond donors (Lipinski definition) is 2. The van der Waals surface area contributed by atoms with E-state index in [1.165, 1.54) is 6.33 Å². The van der Waals surface area contributed by atoms with Gasteiger partial charge in [0.05, 0.1) is 16.6 Å². The van der Waals surface area contributed by atoms with Gasteiger partial charge in [0.1, 0.15) is 12.1 Å². The third-order valence-corrected chi connectivity index (χ3v) is 4.93. The van der Waals surface area contributed by atoms with Crippen LogP contribution >= 0.6 is 0 Å². The van der Waals surface area contributed by atoms with Crippen molar-refractivity contribution in [2.75, 3.05) is 5.73 Å². The summed E-state index contributed by atoms with van der Waals surface area (Å²) in [5.74, 6) is 6.63. The highest BCUT2D eigenvalue weighted by Crippen LogP contribution is 2.26. The van der Waals surface area contributed by atoms with Gasteiger partial charge in [-0.3, -0.25) is 14.3 Å². The van der Waals surface area contributed by atoms with E-state index < -0.39 is 0 Å². The zero-order valence-corrected chi connectivity index (χ0v) is 16.0. The van der Waals surface area contributed by atoms with Crippen molar-refractivity contribution >= 4 is 22.8 Å². The van der Waals surface area contributed by atoms with Crippen LogP contribution in [-0.2, 0) is 0 Å². The Balaban J connectivity index is 1.54. The van der Waals surface area contributed by atoms with Crippen LogP contribution in [-0.4, -0.2) is 31.5 Å². The van der Waals surface area contributed by atoms with E-state index >= 15 is 0 Å². The van der Waals surface area contributed by atoms with Gasteiger partial charge >= 0.3 is 0 Å². The lowest BCUT2D eigenvalue weighted by molar-refractivity contribution is 0.0951. The van der Waals surface area contributed by atoms with E-state index in [4.69, 9.17) is 5.73 Å². The molecule has 1 saturated carbocycles.